The van der Waals surface area contributed by atoms with Crippen molar-refractivity contribution in [3.05, 3.63) is 59.9 Å². The molecule has 134 valence electrons. The van der Waals surface area contributed by atoms with Crippen molar-refractivity contribution in [2.45, 2.75) is 38.8 Å². The lowest BCUT2D eigenvalue weighted by Gasteiger charge is -2.22. The first-order valence-electron chi connectivity index (χ1n) is 8.43. The first-order valence-corrected chi connectivity index (χ1v) is 8.43. The van der Waals surface area contributed by atoms with Gasteiger partial charge in [0.25, 0.3) is 5.91 Å². The summed E-state index contributed by atoms with van der Waals surface area (Å²) in [6, 6.07) is 13.2. The van der Waals surface area contributed by atoms with E-state index < -0.39 is 6.10 Å². The van der Waals surface area contributed by atoms with E-state index in [-0.39, 0.29) is 17.8 Å². The van der Waals surface area contributed by atoms with E-state index in [1.165, 1.54) is 24.3 Å². The van der Waals surface area contributed by atoms with E-state index in [9.17, 15) is 9.18 Å². The number of halogens is 1. The molecular weight excluding hydrogens is 321 g/mol. The SMILES string of the molecule is CC[C@H](Oc1ccc(F)cc1)C(=O)N[C@@H](CC)c1ccc(OC)cc1. The number of amides is 1. The van der Waals surface area contributed by atoms with Crippen LogP contribution < -0.4 is 14.8 Å². The minimum atomic E-state index is -0.627. The fourth-order valence-electron chi connectivity index (χ4n) is 2.52. The topological polar surface area (TPSA) is 47.6 Å². The van der Waals surface area contributed by atoms with Crippen molar-refractivity contribution in [3.8, 4) is 11.5 Å². The molecule has 2 rings (SSSR count). The molecule has 0 saturated heterocycles. The lowest BCUT2D eigenvalue weighted by atomic mass is 10.0. The molecule has 0 aliphatic heterocycles. The molecule has 0 aliphatic rings. The zero-order chi connectivity index (χ0) is 18.2. The molecule has 0 aromatic heterocycles. The Morgan fingerprint density at radius 3 is 2.12 bits per heavy atom. The van der Waals surface area contributed by atoms with Gasteiger partial charge in [0.1, 0.15) is 17.3 Å². The van der Waals surface area contributed by atoms with Crippen LogP contribution in [0.15, 0.2) is 48.5 Å². The number of ether oxygens (including phenoxy) is 2. The molecule has 2 atom stereocenters. The molecule has 0 fully saturated rings. The van der Waals surface area contributed by atoms with E-state index in [4.69, 9.17) is 9.47 Å². The van der Waals surface area contributed by atoms with Gasteiger partial charge in [0.2, 0.25) is 0 Å². The molecule has 0 spiro atoms. The zero-order valence-corrected chi connectivity index (χ0v) is 14.8. The summed E-state index contributed by atoms with van der Waals surface area (Å²) in [5, 5.41) is 3.02. The van der Waals surface area contributed by atoms with Crippen LogP contribution in [0.4, 0.5) is 4.39 Å². The van der Waals surface area contributed by atoms with Crippen LogP contribution in [0.1, 0.15) is 38.3 Å². The molecule has 4 nitrogen and oxygen atoms in total. The fraction of sp³-hybridized carbons (Fsp3) is 0.350. The quantitative estimate of drug-likeness (QED) is 0.778. The minimum Gasteiger partial charge on any atom is -0.497 e. The van der Waals surface area contributed by atoms with Crippen molar-refractivity contribution < 1.29 is 18.7 Å². The van der Waals surface area contributed by atoms with Crippen molar-refractivity contribution in [1.82, 2.24) is 5.32 Å². The van der Waals surface area contributed by atoms with Crippen LogP contribution >= 0.6 is 0 Å². The molecule has 1 amide bonds. The van der Waals surface area contributed by atoms with E-state index in [0.717, 1.165) is 17.7 Å². The molecule has 1 N–H and O–H groups in total. The third kappa shape index (κ3) is 5.21. The summed E-state index contributed by atoms with van der Waals surface area (Å²) in [5.74, 6) is 0.724. The predicted molar refractivity (Wildman–Crippen MR) is 95.3 cm³/mol. The number of methoxy groups -OCH3 is 1. The van der Waals surface area contributed by atoms with Crippen molar-refractivity contribution in [2.24, 2.45) is 0 Å². The average Bonchev–Trinajstić information content (AvgIpc) is 2.65. The minimum absolute atomic E-state index is 0.107. The Morgan fingerprint density at radius 1 is 1.00 bits per heavy atom. The highest BCUT2D eigenvalue weighted by Gasteiger charge is 2.22. The van der Waals surface area contributed by atoms with Crippen LogP contribution in [0.2, 0.25) is 0 Å². The lowest BCUT2D eigenvalue weighted by Crippen LogP contribution is -2.39. The molecule has 0 unspecified atom stereocenters. The summed E-state index contributed by atoms with van der Waals surface area (Å²) < 4.78 is 23.8. The van der Waals surface area contributed by atoms with Crippen LogP contribution in [0.5, 0.6) is 11.5 Å². The zero-order valence-electron chi connectivity index (χ0n) is 14.8. The summed E-state index contributed by atoms with van der Waals surface area (Å²) in [4.78, 5) is 12.6. The maximum Gasteiger partial charge on any atom is 0.261 e. The first-order chi connectivity index (χ1) is 12.1. The van der Waals surface area contributed by atoms with Gasteiger partial charge in [-0.2, -0.15) is 0 Å². The molecule has 0 heterocycles. The summed E-state index contributed by atoms with van der Waals surface area (Å²) in [7, 11) is 1.62. The van der Waals surface area contributed by atoms with Crippen LogP contribution in [-0.2, 0) is 4.79 Å². The maximum atomic E-state index is 13.0. The van der Waals surface area contributed by atoms with E-state index in [0.29, 0.717) is 12.2 Å². The Balaban J connectivity index is 2.03. The molecule has 0 bridgehead atoms. The number of rotatable bonds is 8. The molecule has 0 saturated carbocycles. The Hall–Kier alpha value is -2.56. The summed E-state index contributed by atoms with van der Waals surface area (Å²) >= 11 is 0. The van der Waals surface area contributed by atoms with Crippen molar-refractivity contribution in [2.75, 3.05) is 7.11 Å². The van der Waals surface area contributed by atoms with Gasteiger partial charge in [-0.05, 0) is 54.8 Å². The summed E-state index contributed by atoms with van der Waals surface area (Å²) in [6.07, 6.45) is 0.644. The monoisotopic (exact) mass is 345 g/mol. The molecule has 0 aliphatic carbocycles. The fourth-order valence-corrected chi connectivity index (χ4v) is 2.52. The Bertz CT molecular complexity index is 670. The molecule has 0 radical (unpaired) electrons. The maximum absolute atomic E-state index is 13.0. The number of nitrogens with one attached hydrogen (secondary N) is 1. The number of carbonyl (C=O) groups excluding carboxylic acids is 1. The molecule has 25 heavy (non-hydrogen) atoms. The Kier molecular flexibility index (Phi) is 6.81. The van der Waals surface area contributed by atoms with Gasteiger partial charge >= 0.3 is 0 Å². The van der Waals surface area contributed by atoms with Gasteiger partial charge in [0.15, 0.2) is 6.10 Å². The van der Waals surface area contributed by atoms with E-state index in [1.807, 2.05) is 38.1 Å². The second-order valence-electron chi connectivity index (χ2n) is 5.71. The third-order valence-electron chi connectivity index (χ3n) is 4.00. The van der Waals surface area contributed by atoms with Gasteiger partial charge in [0.05, 0.1) is 13.2 Å². The number of benzene rings is 2. The number of carbonyl (C=O) groups is 1. The molecule has 2 aromatic rings. The van der Waals surface area contributed by atoms with Crippen LogP contribution in [0.3, 0.4) is 0 Å². The van der Waals surface area contributed by atoms with Crippen molar-refractivity contribution in [3.63, 3.8) is 0 Å². The predicted octanol–water partition coefficient (Wildman–Crippen LogP) is 4.26. The average molecular weight is 345 g/mol. The van der Waals surface area contributed by atoms with Crippen molar-refractivity contribution >= 4 is 5.91 Å². The summed E-state index contributed by atoms with van der Waals surface area (Å²) in [5.41, 5.74) is 1.01. The van der Waals surface area contributed by atoms with E-state index >= 15 is 0 Å². The number of hydrogen-bond acceptors (Lipinski definition) is 3. The van der Waals surface area contributed by atoms with E-state index in [1.54, 1.807) is 7.11 Å². The van der Waals surface area contributed by atoms with Crippen LogP contribution in [0, 0.1) is 5.82 Å². The smallest absolute Gasteiger partial charge is 0.261 e. The van der Waals surface area contributed by atoms with Gasteiger partial charge in [0, 0.05) is 0 Å². The highest BCUT2D eigenvalue weighted by atomic mass is 19.1. The van der Waals surface area contributed by atoms with Gasteiger partial charge in [-0.1, -0.05) is 26.0 Å². The molecule has 5 heteroatoms. The highest BCUT2D eigenvalue weighted by Crippen LogP contribution is 2.21. The van der Waals surface area contributed by atoms with Crippen LogP contribution in [-0.4, -0.2) is 19.1 Å². The van der Waals surface area contributed by atoms with E-state index in [2.05, 4.69) is 5.32 Å². The van der Waals surface area contributed by atoms with Gasteiger partial charge in [-0.3, -0.25) is 4.79 Å². The Morgan fingerprint density at radius 2 is 1.60 bits per heavy atom. The normalized spacial score (nSPS) is 13.0. The first kappa shape index (κ1) is 18.8. The van der Waals surface area contributed by atoms with Crippen molar-refractivity contribution in [1.29, 1.82) is 0 Å². The third-order valence-corrected chi connectivity index (χ3v) is 4.00. The highest BCUT2D eigenvalue weighted by molar-refractivity contribution is 5.81. The van der Waals surface area contributed by atoms with Gasteiger partial charge in [-0.15, -0.1) is 0 Å². The largest absolute Gasteiger partial charge is 0.497 e. The number of hydrogen-bond donors (Lipinski definition) is 1. The summed E-state index contributed by atoms with van der Waals surface area (Å²) in [6.45, 7) is 3.89. The second kappa shape index (κ2) is 9.06. The second-order valence-corrected chi connectivity index (χ2v) is 5.71. The Labute approximate surface area is 148 Å². The van der Waals surface area contributed by atoms with Gasteiger partial charge in [-0.25, -0.2) is 4.39 Å². The molecular formula is C20H24FNO3. The lowest BCUT2D eigenvalue weighted by molar-refractivity contribution is -0.128. The molecule has 2 aromatic carbocycles. The standard InChI is InChI=1S/C20H24FNO3/c1-4-18(14-6-10-16(24-3)11-7-14)22-20(23)19(5-2)25-17-12-8-15(21)9-13-17/h6-13,18-19H,4-5H2,1-3H3,(H,22,23)/t18-,19-/m0/s1. The van der Waals surface area contributed by atoms with Crippen LogP contribution in [0.25, 0.3) is 0 Å². The van der Waals surface area contributed by atoms with Gasteiger partial charge < -0.3 is 14.8 Å².